The van der Waals surface area contributed by atoms with Crippen LogP contribution in [0.3, 0.4) is 0 Å². The lowest BCUT2D eigenvalue weighted by Crippen LogP contribution is -2.26. The molecule has 0 heteroatoms. The first-order valence-electron chi connectivity index (χ1n) is 5.60. The fourth-order valence-electron chi connectivity index (χ4n) is 2.14. The maximum absolute atomic E-state index is 2.32. The first-order chi connectivity index (χ1) is 7.14. The van der Waals surface area contributed by atoms with E-state index in [1.54, 1.807) is 0 Å². The van der Waals surface area contributed by atoms with Gasteiger partial charge in [0.2, 0.25) is 0 Å². The molecular weight excluding hydrogens is 180 g/mol. The summed E-state index contributed by atoms with van der Waals surface area (Å²) in [4.78, 5) is 0. The zero-order valence-corrected chi connectivity index (χ0v) is 9.70. The highest BCUT2D eigenvalue weighted by molar-refractivity contribution is 5.60. The molecule has 0 fully saturated rings. The molecule has 0 bridgehead atoms. The minimum Gasteiger partial charge on any atom is -0.0739 e. The Bertz CT molecular complexity index is 410. The van der Waals surface area contributed by atoms with Gasteiger partial charge in [-0.25, -0.2) is 0 Å². The molecule has 0 aromatic heterocycles. The Labute approximate surface area is 92.3 Å². The molecule has 0 saturated heterocycles. The van der Waals surface area contributed by atoms with Crippen LogP contribution in [0.1, 0.15) is 31.9 Å². The van der Waals surface area contributed by atoms with Crippen LogP contribution < -0.4 is 0 Å². The first-order valence-corrected chi connectivity index (χ1v) is 5.60. The van der Waals surface area contributed by atoms with E-state index >= 15 is 0 Å². The molecule has 0 N–H and O–H groups in total. The van der Waals surface area contributed by atoms with Gasteiger partial charge in [-0.1, -0.05) is 69.3 Å². The van der Waals surface area contributed by atoms with Crippen molar-refractivity contribution in [2.45, 2.75) is 26.2 Å². The Morgan fingerprint density at radius 1 is 1.07 bits per heavy atom. The topological polar surface area (TPSA) is 0 Å². The number of benzene rings is 1. The molecule has 1 atom stereocenters. The Hall–Kier alpha value is -1.30. The van der Waals surface area contributed by atoms with E-state index in [0.29, 0.717) is 5.92 Å². The van der Waals surface area contributed by atoms with Crippen LogP contribution in [0.5, 0.6) is 0 Å². The quantitative estimate of drug-likeness (QED) is 0.635. The lowest BCUT2D eigenvalue weighted by molar-refractivity contribution is 0.420. The summed E-state index contributed by atoms with van der Waals surface area (Å²) in [6.45, 7) is 6.89. The van der Waals surface area contributed by atoms with Crippen molar-refractivity contribution in [2.24, 2.45) is 5.92 Å². The zero-order valence-electron chi connectivity index (χ0n) is 9.70. The second-order valence-corrected chi connectivity index (χ2v) is 4.74. The maximum Gasteiger partial charge on any atom is 0.0135 e. The van der Waals surface area contributed by atoms with Crippen LogP contribution in [-0.4, -0.2) is 0 Å². The van der Waals surface area contributed by atoms with Gasteiger partial charge in [0.05, 0.1) is 0 Å². The van der Waals surface area contributed by atoms with Crippen LogP contribution in [0.15, 0.2) is 42.5 Å². The number of allylic oxidation sites excluding steroid dienone is 3. The van der Waals surface area contributed by atoms with E-state index in [-0.39, 0.29) is 5.41 Å². The molecule has 15 heavy (non-hydrogen) atoms. The average molecular weight is 198 g/mol. The lowest BCUT2D eigenvalue weighted by Gasteiger charge is -2.32. The Morgan fingerprint density at radius 3 is 2.53 bits per heavy atom. The molecule has 0 spiro atoms. The summed E-state index contributed by atoms with van der Waals surface area (Å²) < 4.78 is 0. The molecule has 1 aliphatic rings. The fraction of sp³-hybridized carbons (Fsp3) is 0.333. The predicted octanol–water partition coefficient (Wildman–Crippen LogP) is 4.18. The molecular formula is C15H18. The van der Waals surface area contributed by atoms with Gasteiger partial charge >= 0.3 is 0 Å². The zero-order chi connectivity index (χ0) is 10.9. The van der Waals surface area contributed by atoms with E-state index in [9.17, 15) is 0 Å². The van der Waals surface area contributed by atoms with Crippen molar-refractivity contribution < 1.29 is 0 Å². The highest BCUT2D eigenvalue weighted by Crippen LogP contribution is 2.37. The van der Waals surface area contributed by atoms with Crippen LogP contribution in [0.25, 0.3) is 6.08 Å². The summed E-state index contributed by atoms with van der Waals surface area (Å²) in [5.41, 5.74) is 2.93. The summed E-state index contributed by atoms with van der Waals surface area (Å²) in [7, 11) is 0. The predicted molar refractivity (Wildman–Crippen MR) is 66.8 cm³/mol. The van der Waals surface area contributed by atoms with Crippen molar-refractivity contribution >= 4 is 6.08 Å². The minimum atomic E-state index is 0.153. The third-order valence-corrected chi connectivity index (χ3v) is 3.57. The minimum absolute atomic E-state index is 0.153. The lowest BCUT2D eigenvalue weighted by atomic mass is 9.72. The van der Waals surface area contributed by atoms with Gasteiger partial charge in [0.1, 0.15) is 0 Å². The third-order valence-electron chi connectivity index (χ3n) is 3.57. The molecule has 1 aromatic rings. The van der Waals surface area contributed by atoms with E-state index in [1.807, 2.05) is 0 Å². The van der Waals surface area contributed by atoms with E-state index in [4.69, 9.17) is 0 Å². The van der Waals surface area contributed by atoms with E-state index < -0.39 is 0 Å². The van der Waals surface area contributed by atoms with Gasteiger partial charge in [0.25, 0.3) is 0 Å². The van der Waals surface area contributed by atoms with Crippen LogP contribution in [0.4, 0.5) is 0 Å². The molecule has 1 aromatic carbocycles. The second kappa shape index (κ2) is 3.69. The van der Waals surface area contributed by atoms with Crippen molar-refractivity contribution in [2.75, 3.05) is 0 Å². The van der Waals surface area contributed by atoms with Crippen molar-refractivity contribution in [1.82, 2.24) is 0 Å². The van der Waals surface area contributed by atoms with Gasteiger partial charge in [-0.2, -0.15) is 0 Å². The van der Waals surface area contributed by atoms with E-state index in [0.717, 1.165) is 0 Å². The smallest absolute Gasteiger partial charge is 0.0135 e. The highest BCUT2D eigenvalue weighted by atomic mass is 14.3. The van der Waals surface area contributed by atoms with Gasteiger partial charge in [0.15, 0.2) is 0 Å². The molecule has 2 rings (SSSR count). The molecule has 1 unspecified atom stereocenters. The summed E-state index contributed by atoms with van der Waals surface area (Å²) in [6, 6.07) is 8.68. The van der Waals surface area contributed by atoms with Crippen molar-refractivity contribution in [3.63, 3.8) is 0 Å². The van der Waals surface area contributed by atoms with Crippen molar-refractivity contribution in [3.05, 3.63) is 53.6 Å². The van der Waals surface area contributed by atoms with Gasteiger partial charge in [0, 0.05) is 5.41 Å². The number of fused-ring (bicyclic) bond motifs is 1. The van der Waals surface area contributed by atoms with Gasteiger partial charge in [-0.3, -0.25) is 0 Å². The maximum atomic E-state index is 2.32. The highest BCUT2D eigenvalue weighted by Gasteiger charge is 2.29. The van der Waals surface area contributed by atoms with Gasteiger partial charge in [-0.15, -0.1) is 0 Å². The Kier molecular flexibility index (Phi) is 2.52. The standard InChI is InChI=1S/C15H18/c1-12(2)15(3)11-7-6-9-13-8-4-5-10-14(13)15/h4-12H,1-3H3. The summed E-state index contributed by atoms with van der Waals surface area (Å²) >= 11 is 0. The first kappa shape index (κ1) is 10.2. The summed E-state index contributed by atoms with van der Waals surface area (Å²) in [6.07, 6.45) is 8.81. The summed E-state index contributed by atoms with van der Waals surface area (Å²) in [5, 5.41) is 0. The summed E-state index contributed by atoms with van der Waals surface area (Å²) in [5.74, 6) is 0.606. The molecule has 1 aliphatic carbocycles. The number of rotatable bonds is 1. The molecule has 0 nitrogen and oxygen atoms in total. The fourth-order valence-corrected chi connectivity index (χ4v) is 2.14. The van der Waals surface area contributed by atoms with Gasteiger partial charge < -0.3 is 0 Å². The molecule has 0 amide bonds. The van der Waals surface area contributed by atoms with Gasteiger partial charge in [-0.05, 0) is 17.0 Å². The molecule has 0 saturated carbocycles. The van der Waals surface area contributed by atoms with E-state index in [2.05, 4.69) is 69.3 Å². The monoisotopic (exact) mass is 198 g/mol. The average Bonchev–Trinajstić information content (AvgIpc) is 2.40. The molecule has 78 valence electrons. The Morgan fingerprint density at radius 2 is 1.80 bits per heavy atom. The normalized spacial score (nSPS) is 24.0. The van der Waals surface area contributed by atoms with Crippen molar-refractivity contribution in [3.8, 4) is 0 Å². The third kappa shape index (κ3) is 1.65. The second-order valence-electron chi connectivity index (χ2n) is 4.74. The van der Waals surface area contributed by atoms with E-state index in [1.165, 1.54) is 11.1 Å². The number of hydrogen-bond donors (Lipinski definition) is 0. The largest absolute Gasteiger partial charge is 0.0739 e. The SMILES string of the molecule is CC(C)C1(C)C=CC=Cc2ccccc21. The van der Waals surface area contributed by atoms with Crippen LogP contribution in [-0.2, 0) is 5.41 Å². The molecule has 0 heterocycles. The van der Waals surface area contributed by atoms with Crippen molar-refractivity contribution in [1.29, 1.82) is 0 Å². The molecule has 0 radical (unpaired) electrons. The van der Waals surface area contributed by atoms with Crippen LogP contribution in [0, 0.1) is 5.92 Å². The molecule has 0 aliphatic heterocycles. The van der Waals surface area contributed by atoms with Crippen LogP contribution >= 0.6 is 0 Å². The Balaban J connectivity index is 2.63. The number of hydrogen-bond acceptors (Lipinski definition) is 0. The van der Waals surface area contributed by atoms with Crippen LogP contribution in [0.2, 0.25) is 0 Å².